The van der Waals surface area contributed by atoms with Crippen LogP contribution in [-0.4, -0.2) is 34.8 Å². The maximum absolute atomic E-state index is 11.9. The third-order valence-electron chi connectivity index (χ3n) is 2.89. The van der Waals surface area contributed by atoms with E-state index < -0.39 is 6.10 Å². The van der Waals surface area contributed by atoms with Crippen LogP contribution in [0.2, 0.25) is 0 Å². The lowest BCUT2D eigenvalue weighted by Gasteiger charge is -2.23. The molecule has 1 amide bonds. The Morgan fingerprint density at radius 3 is 2.67 bits per heavy atom. The zero-order chi connectivity index (χ0) is 13.0. The number of amides is 1. The van der Waals surface area contributed by atoms with Crippen molar-refractivity contribution in [2.24, 2.45) is 0 Å². The molecular formula is C14H19NO3. The molecule has 0 saturated heterocycles. The minimum atomic E-state index is -0.519. The number of benzene rings is 1. The molecule has 0 radical (unpaired) electrons. The average Bonchev–Trinajstić information content (AvgIpc) is 3.18. The highest BCUT2D eigenvalue weighted by Crippen LogP contribution is 2.27. The second-order valence-corrected chi connectivity index (χ2v) is 4.77. The normalized spacial score (nSPS) is 16.1. The van der Waals surface area contributed by atoms with Gasteiger partial charge in [-0.2, -0.15) is 0 Å². The van der Waals surface area contributed by atoms with E-state index in [9.17, 15) is 9.90 Å². The maximum atomic E-state index is 11.9. The minimum absolute atomic E-state index is 0.253. The fourth-order valence-corrected chi connectivity index (χ4v) is 1.85. The molecule has 1 unspecified atom stereocenters. The Bertz CT molecular complexity index is 387. The summed E-state index contributed by atoms with van der Waals surface area (Å²) in [4.78, 5) is 13.6. The smallest absolute Gasteiger partial charge is 0.410 e. The number of hydrogen-bond acceptors (Lipinski definition) is 3. The van der Waals surface area contributed by atoms with Crippen molar-refractivity contribution in [3.63, 3.8) is 0 Å². The van der Waals surface area contributed by atoms with Crippen molar-refractivity contribution in [1.82, 2.24) is 4.90 Å². The van der Waals surface area contributed by atoms with E-state index in [0.717, 1.165) is 18.4 Å². The van der Waals surface area contributed by atoms with Gasteiger partial charge < -0.3 is 14.7 Å². The second-order valence-electron chi connectivity index (χ2n) is 4.77. The summed E-state index contributed by atoms with van der Waals surface area (Å²) in [6.45, 7) is 2.31. The van der Waals surface area contributed by atoms with Gasteiger partial charge in [0.1, 0.15) is 6.61 Å². The van der Waals surface area contributed by atoms with Gasteiger partial charge in [-0.25, -0.2) is 4.79 Å². The molecule has 4 heteroatoms. The Kier molecular flexibility index (Phi) is 4.20. The van der Waals surface area contributed by atoms with Crippen molar-refractivity contribution >= 4 is 6.09 Å². The van der Waals surface area contributed by atoms with Crippen LogP contribution < -0.4 is 0 Å². The van der Waals surface area contributed by atoms with E-state index >= 15 is 0 Å². The molecule has 0 aliphatic heterocycles. The second kappa shape index (κ2) is 5.87. The lowest BCUT2D eigenvalue weighted by molar-refractivity contribution is 0.0703. The molecule has 18 heavy (non-hydrogen) atoms. The molecule has 1 aromatic rings. The number of nitrogens with zero attached hydrogens (tertiary/aromatic N) is 1. The fourth-order valence-electron chi connectivity index (χ4n) is 1.85. The first-order valence-corrected chi connectivity index (χ1v) is 6.32. The predicted molar refractivity (Wildman–Crippen MR) is 68.0 cm³/mol. The van der Waals surface area contributed by atoms with Crippen LogP contribution in [0.15, 0.2) is 30.3 Å². The van der Waals surface area contributed by atoms with Gasteiger partial charge in [-0.3, -0.25) is 0 Å². The maximum Gasteiger partial charge on any atom is 0.410 e. The van der Waals surface area contributed by atoms with E-state index in [4.69, 9.17) is 4.74 Å². The minimum Gasteiger partial charge on any atom is -0.445 e. The molecule has 1 saturated carbocycles. The molecule has 1 fully saturated rings. The molecule has 1 aromatic carbocycles. The van der Waals surface area contributed by atoms with Gasteiger partial charge in [-0.05, 0) is 25.3 Å². The van der Waals surface area contributed by atoms with E-state index in [0.29, 0.717) is 6.54 Å². The molecule has 0 aromatic heterocycles. The van der Waals surface area contributed by atoms with Gasteiger partial charge in [-0.15, -0.1) is 0 Å². The Hall–Kier alpha value is -1.55. The summed E-state index contributed by atoms with van der Waals surface area (Å²) >= 11 is 0. The fraction of sp³-hybridized carbons (Fsp3) is 0.500. The van der Waals surface area contributed by atoms with E-state index in [2.05, 4.69) is 0 Å². The summed E-state index contributed by atoms with van der Waals surface area (Å²) < 4.78 is 5.27. The summed E-state index contributed by atoms with van der Waals surface area (Å²) in [5, 5.41) is 9.38. The average molecular weight is 249 g/mol. The van der Waals surface area contributed by atoms with E-state index in [-0.39, 0.29) is 18.7 Å². The van der Waals surface area contributed by atoms with Crippen LogP contribution >= 0.6 is 0 Å². The largest absolute Gasteiger partial charge is 0.445 e. The quantitative estimate of drug-likeness (QED) is 0.870. The van der Waals surface area contributed by atoms with Crippen LogP contribution in [0.25, 0.3) is 0 Å². The molecule has 0 spiro atoms. The Morgan fingerprint density at radius 1 is 1.44 bits per heavy atom. The van der Waals surface area contributed by atoms with Gasteiger partial charge in [0.15, 0.2) is 0 Å². The Labute approximate surface area is 107 Å². The summed E-state index contributed by atoms with van der Waals surface area (Å²) in [6, 6.07) is 9.85. The lowest BCUT2D eigenvalue weighted by atomic mass is 10.2. The number of carbonyl (C=O) groups is 1. The van der Waals surface area contributed by atoms with Crippen molar-refractivity contribution in [3.05, 3.63) is 35.9 Å². The highest BCUT2D eigenvalue weighted by atomic mass is 16.6. The van der Waals surface area contributed by atoms with Gasteiger partial charge in [-0.1, -0.05) is 30.3 Å². The predicted octanol–water partition coefficient (Wildman–Crippen LogP) is 2.17. The highest BCUT2D eigenvalue weighted by Gasteiger charge is 2.34. The molecule has 0 bridgehead atoms. The van der Waals surface area contributed by atoms with Crippen LogP contribution in [0.4, 0.5) is 4.79 Å². The number of hydrogen-bond donors (Lipinski definition) is 1. The first-order chi connectivity index (χ1) is 8.66. The number of rotatable bonds is 5. The van der Waals surface area contributed by atoms with Gasteiger partial charge >= 0.3 is 6.09 Å². The number of carbonyl (C=O) groups excluding carboxylic acids is 1. The van der Waals surface area contributed by atoms with Crippen LogP contribution in [0, 0.1) is 0 Å². The van der Waals surface area contributed by atoms with Gasteiger partial charge in [0.2, 0.25) is 0 Å². The summed E-state index contributed by atoms with van der Waals surface area (Å²) in [5.74, 6) is 0. The van der Waals surface area contributed by atoms with Crippen LogP contribution in [0.5, 0.6) is 0 Å². The zero-order valence-corrected chi connectivity index (χ0v) is 10.6. The van der Waals surface area contributed by atoms with Gasteiger partial charge in [0, 0.05) is 12.6 Å². The van der Waals surface area contributed by atoms with Crippen LogP contribution in [0.1, 0.15) is 25.3 Å². The molecule has 2 rings (SSSR count). The van der Waals surface area contributed by atoms with Crippen molar-refractivity contribution in [2.45, 2.75) is 38.5 Å². The third-order valence-corrected chi connectivity index (χ3v) is 2.89. The van der Waals surface area contributed by atoms with Crippen molar-refractivity contribution in [3.8, 4) is 0 Å². The topological polar surface area (TPSA) is 49.8 Å². The number of ether oxygens (including phenoxy) is 1. The zero-order valence-electron chi connectivity index (χ0n) is 10.6. The van der Waals surface area contributed by atoms with E-state index in [1.54, 1.807) is 11.8 Å². The summed E-state index contributed by atoms with van der Waals surface area (Å²) in [5.41, 5.74) is 0.971. The Balaban J connectivity index is 1.85. The summed E-state index contributed by atoms with van der Waals surface area (Å²) in [7, 11) is 0. The molecule has 98 valence electrons. The van der Waals surface area contributed by atoms with E-state index in [1.165, 1.54) is 0 Å². The van der Waals surface area contributed by atoms with Crippen molar-refractivity contribution < 1.29 is 14.6 Å². The highest BCUT2D eigenvalue weighted by molar-refractivity contribution is 5.68. The van der Waals surface area contributed by atoms with Crippen LogP contribution in [-0.2, 0) is 11.3 Å². The SMILES string of the molecule is CC(O)CN(C(=O)OCc1ccccc1)C1CC1. The van der Waals surface area contributed by atoms with Crippen LogP contribution in [0.3, 0.4) is 0 Å². The van der Waals surface area contributed by atoms with Gasteiger partial charge in [0.05, 0.1) is 6.10 Å². The first-order valence-electron chi connectivity index (χ1n) is 6.32. The molecule has 4 nitrogen and oxygen atoms in total. The van der Waals surface area contributed by atoms with Crippen molar-refractivity contribution in [2.75, 3.05) is 6.54 Å². The van der Waals surface area contributed by atoms with Gasteiger partial charge in [0.25, 0.3) is 0 Å². The molecule has 1 aliphatic rings. The molecule has 1 N–H and O–H groups in total. The molecule has 1 atom stereocenters. The van der Waals surface area contributed by atoms with E-state index in [1.807, 2.05) is 30.3 Å². The number of aliphatic hydroxyl groups is 1. The molecule has 1 aliphatic carbocycles. The lowest BCUT2D eigenvalue weighted by Crippen LogP contribution is -2.38. The molecular weight excluding hydrogens is 230 g/mol. The number of aliphatic hydroxyl groups excluding tert-OH is 1. The Morgan fingerprint density at radius 2 is 2.11 bits per heavy atom. The monoisotopic (exact) mass is 249 g/mol. The standard InChI is InChI=1S/C14H19NO3/c1-11(16)9-15(13-7-8-13)14(17)18-10-12-5-3-2-4-6-12/h2-6,11,13,16H,7-10H2,1H3. The third kappa shape index (κ3) is 3.74. The first kappa shape index (κ1) is 12.9. The molecule has 0 heterocycles. The van der Waals surface area contributed by atoms with Crippen molar-refractivity contribution in [1.29, 1.82) is 0 Å². The summed E-state index contributed by atoms with van der Waals surface area (Å²) in [6.07, 6.45) is 1.16.